The highest BCUT2D eigenvalue weighted by atomic mass is 16.5. The average molecular weight is 189 g/mol. The van der Waals surface area contributed by atoms with Gasteiger partial charge in [-0.05, 0) is 42.4 Å². The first-order chi connectivity index (χ1) is 6.86. The minimum absolute atomic E-state index is 0.237. The Morgan fingerprint density at radius 2 is 2.21 bits per heavy atom. The summed E-state index contributed by atoms with van der Waals surface area (Å²) in [6.07, 6.45) is 4.49. The van der Waals surface area contributed by atoms with Crippen molar-refractivity contribution in [2.45, 2.75) is 31.7 Å². The Kier molecular flexibility index (Phi) is 1.77. The van der Waals surface area contributed by atoms with E-state index in [0.29, 0.717) is 0 Å². The van der Waals surface area contributed by atoms with Crippen LogP contribution in [-0.2, 0) is 12.8 Å². The number of hydrogen-bond acceptors (Lipinski definition) is 2. The molecule has 3 rings (SSSR count). The Morgan fingerprint density at radius 3 is 3.14 bits per heavy atom. The third-order valence-electron chi connectivity index (χ3n) is 3.32. The number of fused-ring (bicyclic) bond motifs is 3. The molecule has 1 aromatic carbocycles. The van der Waals surface area contributed by atoms with Crippen LogP contribution < -0.4 is 10.5 Å². The molecule has 0 spiro atoms. The largest absolute Gasteiger partial charge is 0.493 e. The monoisotopic (exact) mass is 189 g/mol. The molecule has 2 nitrogen and oxygen atoms in total. The van der Waals surface area contributed by atoms with E-state index in [1.54, 1.807) is 0 Å². The molecular weight excluding hydrogens is 174 g/mol. The van der Waals surface area contributed by atoms with Crippen LogP contribution in [0.1, 0.15) is 35.6 Å². The fourth-order valence-corrected chi connectivity index (χ4v) is 2.57. The van der Waals surface area contributed by atoms with Gasteiger partial charge in [-0.3, -0.25) is 0 Å². The smallest absolute Gasteiger partial charge is 0.125 e. The van der Waals surface area contributed by atoms with Gasteiger partial charge < -0.3 is 10.5 Å². The Labute approximate surface area is 84.1 Å². The van der Waals surface area contributed by atoms with E-state index < -0.39 is 0 Å². The van der Waals surface area contributed by atoms with Crippen LogP contribution in [0.4, 0.5) is 0 Å². The van der Waals surface area contributed by atoms with Crippen molar-refractivity contribution in [3.8, 4) is 5.75 Å². The van der Waals surface area contributed by atoms with E-state index in [0.717, 1.165) is 38.0 Å². The summed E-state index contributed by atoms with van der Waals surface area (Å²) in [5.41, 5.74) is 10.1. The van der Waals surface area contributed by atoms with Gasteiger partial charge in [-0.2, -0.15) is 0 Å². The van der Waals surface area contributed by atoms with Crippen molar-refractivity contribution < 1.29 is 4.74 Å². The van der Waals surface area contributed by atoms with Gasteiger partial charge in [-0.25, -0.2) is 0 Å². The van der Waals surface area contributed by atoms with Gasteiger partial charge in [0.05, 0.1) is 6.61 Å². The molecule has 0 aromatic heterocycles. The van der Waals surface area contributed by atoms with Crippen LogP contribution in [0.3, 0.4) is 0 Å². The maximum absolute atomic E-state index is 6.02. The SMILES string of the molecule is N[C@H]1CCc2c1ccc1c2OCCC1. The minimum atomic E-state index is 0.237. The van der Waals surface area contributed by atoms with Gasteiger partial charge in [0.2, 0.25) is 0 Å². The Hall–Kier alpha value is -1.02. The second-order valence-corrected chi connectivity index (χ2v) is 4.22. The maximum atomic E-state index is 6.02. The highest BCUT2D eigenvalue weighted by molar-refractivity contribution is 5.50. The van der Waals surface area contributed by atoms with Gasteiger partial charge in [-0.1, -0.05) is 12.1 Å². The molecule has 1 heterocycles. The third-order valence-corrected chi connectivity index (χ3v) is 3.32. The van der Waals surface area contributed by atoms with Crippen LogP contribution in [0.5, 0.6) is 5.75 Å². The first-order valence-corrected chi connectivity index (χ1v) is 5.39. The van der Waals surface area contributed by atoms with Crippen molar-refractivity contribution in [3.63, 3.8) is 0 Å². The molecule has 0 radical (unpaired) electrons. The number of aryl methyl sites for hydroxylation is 1. The van der Waals surface area contributed by atoms with E-state index in [-0.39, 0.29) is 6.04 Å². The molecule has 74 valence electrons. The molecule has 0 fully saturated rings. The standard InChI is InChI=1S/C12H15NO/c13-11-6-5-10-9(11)4-3-8-2-1-7-14-12(8)10/h3-4,11H,1-2,5-7,13H2/t11-/m0/s1. The van der Waals surface area contributed by atoms with Crippen LogP contribution in [0.2, 0.25) is 0 Å². The fourth-order valence-electron chi connectivity index (χ4n) is 2.57. The lowest BCUT2D eigenvalue weighted by molar-refractivity contribution is 0.285. The number of hydrogen-bond donors (Lipinski definition) is 1. The highest BCUT2D eigenvalue weighted by Crippen LogP contribution is 2.39. The lowest BCUT2D eigenvalue weighted by atomic mass is 9.99. The first kappa shape index (κ1) is 8.30. The molecule has 2 aliphatic rings. The maximum Gasteiger partial charge on any atom is 0.125 e. The van der Waals surface area contributed by atoms with Gasteiger partial charge in [0.1, 0.15) is 5.75 Å². The van der Waals surface area contributed by atoms with E-state index >= 15 is 0 Å². The zero-order valence-electron chi connectivity index (χ0n) is 8.25. The summed E-state index contributed by atoms with van der Waals surface area (Å²) in [6.45, 7) is 0.874. The molecule has 0 bridgehead atoms. The summed E-state index contributed by atoms with van der Waals surface area (Å²) in [5, 5.41) is 0. The van der Waals surface area contributed by atoms with E-state index in [1.807, 2.05) is 0 Å². The molecule has 0 saturated carbocycles. The summed E-state index contributed by atoms with van der Waals surface area (Å²) >= 11 is 0. The van der Waals surface area contributed by atoms with E-state index in [1.165, 1.54) is 16.7 Å². The Bertz CT molecular complexity index is 373. The summed E-state index contributed by atoms with van der Waals surface area (Å²) in [4.78, 5) is 0. The topological polar surface area (TPSA) is 35.2 Å². The zero-order chi connectivity index (χ0) is 9.54. The lowest BCUT2D eigenvalue weighted by Crippen LogP contribution is -2.11. The number of benzene rings is 1. The van der Waals surface area contributed by atoms with E-state index in [4.69, 9.17) is 10.5 Å². The summed E-state index contributed by atoms with van der Waals surface area (Å²) in [6, 6.07) is 4.62. The molecular formula is C12H15NO. The molecule has 2 N–H and O–H groups in total. The zero-order valence-corrected chi connectivity index (χ0v) is 8.25. The normalized spacial score (nSPS) is 23.9. The second-order valence-electron chi connectivity index (χ2n) is 4.22. The fraction of sp³-hybridized carbons (Fsp3) is 0.500. The van der Waals surface area contributed by atoms with E-state index in [2.05, 4.69) is 12.1 Å². The molecule has 2 heteroatoms. The van der Waals surface area contributed by atoms with E-state index in [9.17, 15) is 0 Å². The van der Waals surface area contributed by atoms with Crippen LogP contribution in [0.25, 0.3) is 0 Å². The first-order valence-electron chi connectivity index (χ1n) is 5.39. The van der Waals surface area contributed by atoms with Crippen LogP contribution in [0, 0.1) is 0 Å². The molecule has 0 unspecified atom stereocenters. The van der Waals surface area contributed by atoms with Crippen molar-refractivity contribution >= 4 is 0 Å². The molecule has 1 aliphatic carbocycles. The number of ether oxygens (including phenoxy) is 1. The third kappa shape index (κ3) is 1.07. The lowest BCUT2D eigenvalue weighted by Gasteiger charge is -2.20. The predicted molar refractivity (Wildman–Crippen MR) is 55.5 cm³/mol. The minimum Gasteiger partial charge on any atom is -0.493 e. The quantitative estimate of drug-likeness (QED) is 0.677. The summed E-state index contributed by atoms with van der Waals surface area (Å²) in [7, 11) is 0. The molecule has 0 amide bonds. The summed E-state index contributed by atoms with van der Waals surface area (Å²) in [5.74, 6) is 1.15. The van der Waals surface area contributed by atoms with Gasteiger partial charge in [-0.15, -0.1) is 0 Å². The van der Waals surface area contributed by atoms with Crippen molar-refractivity contribution in [2.75, 3.05) is 6.61 Å². The van der Waals surface area contributed by atoms with Gasteiger partial charge >= 0.3 is 0 Å². The van der Waals surface area contributed by atoms with Crippen LogP contribution >= 0.6 is 0 Å². The van der Waals surface area contributed by atoms with Crippen molar-refractivity contribution in [3.05, 3.63) is 28.8 Å². The van der Waals surface area contributed by atoms with Crippen LogP contribution in [0.15, 0.2) is 12.1 Å². The Morgan fingerprint density at radius 1 is 1.29 bits per heavy atom. The molecule has 1 atom stereocenters. The van der Waals surface area contributed by atoms with Crippen molar-refractivity contribution in [2.24, 2.45) is 5.73 Å². The molecule has 1 aromatic rings. The van der Waals surface area contributed by atoms with Gasteiger partial charge in [0.15, 0.2) is 0 Å². The molecule has 14 heavy (non-hydrogen) atoms. The van der Waals surface area contributed by atoms with Crippen molar-refractivity contribution in [1.82, 2.24) is 0 Å². The van der Waals surface area contributed by atoms with Gasteiger partial charge in [0, 0.05) is 6.04 Å². The van der Waals surface area contributed by atoms with Crippen molar-refractivity contribution in [1.29, 1.82) is 0 Å². The predicted octanol–water partition coefficient (Wildman–Crippen LogP) is 1.96. The summed E-state index contributed by atoms with van der Waals surface area (Å²) < 4.78 is 5.76. The second kappa shape index (κ2) is 2.99. The average Bonchev–Trinajstić information content (AvgIpc) is 2.61. The number of nitrogens with two attached hydrogens (primary N) is 1. The van der Waals surface area contributed by atoms with Crippen LogP contribution in [-0.4, -0.2) is 6.61 Å². The highest BCUT2D eigenvalue weighted by Gasteiger charge is 2.25. The molecule has 0 saturated heterocycles. The molecule has 1 aliphatic heterocycles. The Balaban J connectivity index is 2.15. The van der Waals surface area contributed by atoms with Gasteiger partial charge in [0.25, 0.3) is 0 Å². The number of rotatable bonds is 0.